The Morgan fingerprint density at radius 1 is 1.16 bits per heavy atom. The summed E-state index contributed by atoms with van der Waals surface area (Å²) in [6, 6.07) is 9.56. The van der Waals surface area contributed by atoms with Crippen molar-refractivity contribution >= 4 is 28.8 Å². The van der Waals surface area contributed by atoms with Gasteiger partial charge in [-0.1, -0.05) is 12.1 Å². The quantitative estimate of drug-likeness (QED) is 0.601. The molecule has 1 fully saturated rings. The van der Waals surface area contributed by atoms with Crippen LogP contribution < -0.4 is 5.32 Å². The third kappa shape index (κ3) is 5.24. The third-order valence-electron chi connectivity index (χ3n) is 5.48. The smallest absolute Gasteiger partial charge is 0.269 e. The summed E-state index contributed by atoms with van der Waals surface area (Å²) in [5, 5.41) is 5.84. The molecule has 0 unspecified atom stereocenters. The van der Waals surface area contributed by atoms with Gasteiger partial charge in [-0.3, -0.25) is 14.5 Å². The molecule has 2 N–H and O–H groups in total. The van der Waals surface area contributed by atoms with E-state index >= 15 is 0 Å². The van der Waals surface area contributed by atoms with Crippen molar-refractivity contribution in [2.45, 2.75) is 0 Å². The van der Waals surface area contributed by atoms with Gasteiger partial charge in [-0.25, -0.2) is 4.98 Å². The van der Waals surface area contributed by atoms with Crippen LogP contribution in [0.5, 0.6) is 0 Å². The second-order valence-corrected chi connectivity index (χ2v) is 9.11. The van der Waals surface area contributed by atoms with Crippen molar-refractivity contribution in [1.82, 2.24) is 24.7 Å². The van der Waals surface area contributed by atoms with Gasteiger partial charge in [-0.15, -0.1) is 11.3 Å². The van der Waals surface area contributed by atoms with Gasteiger partial charge in [0, 0.05) is 68.7 Å². The summed E-state index contributed by atoms with van der Waals surface area (Å²) in [5.74, 6) is -0.0799. The Balaban J connectivity index is 1.42. The predicted octanol–water partition coefficient (Wildman–Crippen LogP) is 2.69. The molecule has 1 aliphatic heterocycles. The topological polar surface area (TPSA) is 84.6 Å². The number of anilines is 1. The Bertz CT molecular complexity index is 1100. The fourth-order valence-electron chi connectivity index (χ4n) is 3.59. The number of thiazole rings is 1. The van der Waals surface area contributed by atoms with Crippen LogP contribution in [0.4, 0.5) is 5.69 Å². The normalized spacial score (nSPS) is 15.0. The highest BCUT2D eigenvalue weighted by Crippen LogP contribution is 2.30. The number of amides is 2. The number of aromatic nitrogens is 2. The lowest BCUT2D eigenvalue weighted by Gasteiger charge is -2.31. The number of rotatable bonds is 6. The molecule has 1 aliphatic rings. The molecule has 3 aromatic rings. The van der Waals surface area contributed by atoms with E-state index in [2.05, 4.69) is 27.1 Å². The Kier molecular flexibility index (Phi) is 6.69. The predicted molar refractivity (Wildman–Crippen MR) is 128 cm³/mol. The van der Waals surface area contributed by atoms with Crippen LogP contribution in [0.1, 0.15) is 10.5 Å². The first-order chi connectivity index (χ1) is 15.4. The van der Waals surface area contributed by atoms with Crippen LogP contribution in [0, 0.1) is 0 Å². The van der Waals surface area contributed by atoms with Gasteiger partial charge in [0.2, 0.25) is 5.91 Å². The number of carbonyl (C=O) groups excluding carboxylic acids is 2. The van der Waals surface area contributed by atoms with Crippen LogP contribution in [-0.4, -0.2) is 90.3 Å². The van der Waals surface area contributed by atoms with E-state index < -0.39 is 0 Å². The van der Waals surface area contributed by atoms with Crippen LogP contribution in [0.2, 0.25) is 0 Å². The molecule has 1 saturated heterocycles. The molecule has 168 valence electrons. The zero-order chi connectivity index (χ0) is 22.7. The number of piperazine rings is 1. The van der Waals surface area contributed by atoms with Crippen molar-refractivity contribution in [2.75, 3.05) is 59.2 Å². The Labute approximate surface area is 191 Å². The minimum Gasteiger partial charge on any atom is -0.357 e. The maximum atomic E-state index is 12.5. The number of aromatic amines is 1. The highest BCUT2D eigenvalue weighted by molar-refractivity contribution is 7.13. The van der Waals surface area contributed by atoms with Crippen molar-refractivity contribution < 1.29 is 9.59 Å². The molecule has 2 aromatic heterocycles. The van der Waals surface area contributed by atoms with Gasteiger partial charge < -0.3 is 20.1 Å². The van der Waals surface area contributed by atoms with Gasteiger partial charge in [0.1, 0.15) is 10.7 Å². The van der Waals surface area contributed by atoms with Crippen LogP contribution in [0.3, 0.4) is 0 Å². The van der Waals surface area contributed by atoms with E-state index in [1.165, 1.54) is 16.2 Å². The van der Waals surface area contributed by atoms with Crippen LogP contribution >= 0.6 is 11.3 Å². The number of nitrogens with zero attached hydrogens (tertiary/aromatic N) is 4. The van der Waals surface area contributed by atoms with Crippen molar-refractivity contribution in [3.63, 3.8) is 0 Å². The van der Waals surface area contributed by atoms with E-state index in [1.54, 1.807) is 20.3 Å². The second kappa shape index (κ2) is 9.64. The van der Waals surface area contributed by atoms with E-state index in [-0.39, 0.29) is 11.8 Å². The highest BCUT2D eigenvalue weighted by Gasteiger charge is 2.17. The number of H-pyrrole nitrogens is 1. The molecule has 3 heterocycles. The van der Waals surface area contributed by atoms with Crippen LogP contribution in [0.15, 0.2) is 41.9 Å². The molecule has 32 heavy (non-hydrogen) atoms. The van der Waals surface area contributed by atoms with Crippen LogP contribution in [-0.2, 0) is 4.79 Å². The lowest BCUT2D eigenvalue weighted by Crippen LogP contribution is -2.47. The molecule has 4 rings (SSSR count). The first kappa shape index (κ1) is 22.2. The summed E-state index contributed by atoms with van der Waals surface area (Å²) in [5.41, 5.74) is 3.92. The van der Waals surface area contributed by atoms with Crippen LogP contribution in [0.25, 0.3) is 21.8 Å². The van der Waals surface area contributed by atoms with Gasteiger partial charge in [0.15, 0.2) is 0 Å². The molecule has 0 aliphatic carbocycles. The molecular formula is C23H28N6O2S. The van der Waals surface area contributed by atoms with Gasteiger partial charge in [0.25, 0.3) is 5.91 Å². The minimum absolute atomic E-state index is 0.00283. The van der Waals surface area contributed by atoms with Gasteiger partial charge in [-0.05, 0) is 25.2 Å². The van der Waals surface area contributed by atoms with Gasteiger partial charge in [0.05, 0.1) is 12.2 Å². The van der Waals surface area contributed by atoms with Crippen molar-refractivity contribution in [3.8, 4) is 21.8 Å². The Hall–Kier alpha value is -3.01. The van der Waals surface area contributed by atoms with Crippen molar-refractivity contribution in [2.24, 2.45) is 0 Å². The largest absolute Gasteiger partial charge is 0.357 e. The highest BCUT2D eigenvalue weighted by atomic mass is 32.1. The molecule has 0 spiro atoms. The van der Waals surface area contributed by atoms with E-state index in [4.69, 9.17) is 4.98 Å². The van der Waals surface area contributed by atoms with E-state index in [0.29, 0.717) is 12.2 Å². The molecule has 0 atom stereocenters. The fourth-order valence-corrected chi connectivity index (χ4v) is 4.41. The zero-order valence-electron chi connectivity index (χ0n) is 18.6. The molecule has 0 bridgehead atoms. The second-order valence-electron chi connectivity index (χ2n) is 8.25. The Morgan fingerprint density at radius 3 is 2.69 bits per heavy atom. The first-order valence-electron chi connectivity index (χ1n) is 10.6. The lowest BCUT2D eigenvalue weighted by atomic mass is 10.2. The number of nitrogens with one attached hydrogen (secondary N) is 2. The van der Waals surface area contributed by atoms with E-state index in [9.17, 15) is 9.59 Å². The standard InChI is InChI=1S/C23H28N6O2S/c1-27(2)23(31)19-12-17(13-24-19)20-15-32-22(26-20)16-5-4-6-18(11-16)25-21(30)14-29-9-7-28(3)8-10-29/h4-6,11-13,15,24H,7-10,14H2,1-3H3,(H,25,30). The molecule has 0 radical (unpaired) electrons. The number of carbonyl (C=O) groups is 2. The summed E-state index contributed by atoms with van der Waals surface area (Å²) in [6.07, 6.45) is 1.80. The number of likely N-dealkylation sites (N-methyl/N-ethyl adjacent to an activating group) is 1. The maximum absolute atomic E-state index is 12.5. The maximum Gasteiger partial charge on any atom is 0.269 e. The van der Waals surface area contributed by atoms with E-state index in [1.807, 2.05) is 35.7 Å². The summed E-state index contributed by atoms with van der Waals surface area (Å²) in [4.78, 5) is 38.4. The average molecular weight is 453 g/mol. The number of benzene rings is 1. The van der Waals surface area contributed by atoms with Crippen molar-refractivity contribution in [1.29, 1.82) is 0 Å². The molecule has 0 saturated carbocycles. The lowest BCUT2D eigenvalue weighted by molar-refractivity contribution is -0.117. The number of hydrogen-bond donors (Lipinski definition) is 2. The first-order valence-corrected chi connectivity index (χ1v) is 11.4. The summed E-state index contributed by atoms with van der Waals surface area (Å²) in [7, 11) is 5.55. The number of hydrogen-bond acceptors (Lipinski definition) is 6. The SMILES string of the molecule is CN1CCN(CC(=O)Nc2cccc(-c3nc(-c4c[nH]c(C(=O)N(C)C)c4)cs3)c2)CC1. The average Bonchev–Trinajstić information content (AvgIpc) is 3.45. The molecule has 9 heteroatoms. The summed E-state index contributed by atoms with van der Waals surface area (Å²) in [6.45, 7) is 4.20. The van der Waals surface area contributed by atoms with Gasteiger partial charge in [-0.2, -0.15) is 0 Å². The fraction of sp³-hybridized carbons (Fsp3) is 0.348. The van der Waals surface area contributed by atoms with Crippen molar-refractivity contribution in [3.05, 3.63) is 47.6 Å². The van der Waals surface area contributed by atoms with E-state index in [0.717, 1.165) is 53.7 Å². The van der Waals surface area contributed by atoms with Gasteiger partial charge >= 0.3 is 0 Å². The minimum atomic E-state index is -0.0771. The summed E-state index contributed by atoms with van der Waals surface area (Å²) >= 11 is 1.53. The molecule has 2 amide bonds. The monoisotopic (exact) mass is 452 g/mol. The molecule has 8 nitrogen and oxygen atoms in total. The zero-order valence-corrected chi connectivity index (χ0v) is 19.4. The summed E-state index contributed by atoms with van der Waals surface area (Å²) < 4.78 is 0. The third-order valence-corrected chi connectivity index (χ3v) is 6.37. The molecule has 1 aromatic carbocycles. The molecular weight excluding hydrogens is 424 g/mol. The Morgan fingerprint density at radius 2 is 1.94 bits per heavy atom.